The van der Waals surface area contributed by atoms with Gasteiger partial charge in [0.15, 0.2) is 0 Å². The summed E-state index contributed by atoms with van der Waals surface area (Å²) in [6.45, 7) is 5.77. The first-order valence-electron chi connectivity index (χ1n) is 7.77. The van der Waals surface area contributed by atoms with Crippen LogP contribution >= 0.6 is 0 Å². The van der Waals surface area contributed by atoms with E-state index in [4.69, 9.17) is 9.84 Å². The number of hydrogen-bond donors (Lipinski definition) is 1. The van der Waals surface area contributed by atoms with E-state index < -0.39 is 5.97 Å². The third kappa shape index (κ3) is 5.76. The van der Waals surface area contributed by atoms with Gasteiger partial charge in [-0.1, -0.05) is 17.7 Å². The number of carboxylic acids is 1. The molecule has 1 aliphatic heterocycles. The molecule has 2 rings (SSSR count). The molecule has 0 bridgehead atoms. The SMILES string of the molecule is Cc1ccc(OCCN2CCCC(CCC(=O)O)C2)cc1. The second kappa shape index (κ2) is 8.03. The Morgan fingerprint density at radius 2 is 2.14 bits per heavy atom. The molecule has 0 aliphatic carbocycles. The van der Waals surface area contributed by atoms with Crippen LogP contribution in [0.25, 0.3) is 0 Å². The minimum Gasteiger partial charge on any atom is -0.492 e. The number of benzene rings is 1. The van der Waals surface area contributed by atoms with Crippen LogP contribution in [0.1, 0.15) is 31.2 Å². The van der Waals surface area contributed by atoms with Gasteiger partial charge in [0.2, 0.25) is 0 Å². The fraction of sp³-hybridized carbons (Fsp3) is 0.588. The maximum absolute atomic E-state index is 10.6. The van der Waals surface area contributed by atoms with Crippen molar-refractivity contribution in [3.8, 4) is 5.75 Å². The smallest absolute Gasteiger partial charge is 0.303 e. The fourth-order valence-electron chi connectivity index (χ4n) is 2.84. The summed E-state index contributed by atoms with van der Waals surface area (Å²) < 4.78 is 5.76. The van der Waals surface area contributed by atoms with Crippen molar-refractivity contribution in [2.45, 2.75) is 32.6 Å². The molecule has 4 heteroatoms. The Balaban J connectivity index is 1.68. The highest BCUT2D eigenvalue weighted by Gasteiger charge is 2.20. The van der Waals surface area contributed by atoms with Crippen molar-refractivity contribution in [2.24, 2.45) is 5.92 Å². The van der Waals surface area contributed by atoms with Crippen molar-refractivity contribution in [3.05, 3.63) is 29.8 Å². The quantitative estimate of drug-likeness (QED) is 0.839. The molecule has 1 atom stereocenters. The molecule has 1 aromatic carbocycles. The fourth-order valence-corrected chi connectivity index (χ4v) is 2.84. The first-order chi connectivity index (χ1) is 10.1. The van der Waals surface area contributed by atoms with E-state index in [1.807, 2.05) is 12.1 Å². The molecule has 116 valence electrons. The highest BCUT2D eigenvalue weighted by molar-refractivity contribution is 5.66. The normalized spacial score (nSPS) is 19.4. The van der Waals surface area contributed by atoms with Crippen LogP contribution in [0.2, 0.25) is 0 Å². The number of rotatable bonds is 7. The summed E-state index contributed by atoms with van der Waals surface area (Å²) >= 11 is 0. The molecular formula is C17H25NO3. The molecule has 0 saturated carbocycles. The Bertz CT molecular complexity index is 444. The van der Waals surface area contributed by atoms with Crippen molar-refractivity contribution in [3.63, 3.8) is 0 Å². The average Bonchev–Trinajstić information content (AvgIpc) is 2.48. The lowest BCUT2D eigenvalue weighted by atomic mass is 9.93. The molecule has 0 aromatic heterocycles. The maximum atomic E-state index is 10.6. The van der Waals surface area contributed by atoms with Crippen molar-refractivity contribution in [1.29, 1.82) is 0 Å². The standard InChI is InChI=1S/C17H25NO3/c1-14-4-7-16(8-5-14)21-12-11-18-10-2-3-15(13-18)6-9-17(19)20/h4-5,7-8,15H,2-3,6,9-13H2,1H3,(H,19,20). The number of piperidine rings is 1. The summed E-state index contributed by atoms with van der Waals surface area (Å²) in [5.41, 5.74) is 1.24. The molecule has 4 nitrogen and oxygen atoms in total. The minimum atomic E-state index is -0.685. The highest BCUT2D eigenvalue weighted by atomic mass is 16.5. The van der Waals surface area contributed by atoms with Crippen molar-refractivity contribution >= 4 is 5.97 Å². The van der Waals surface area contributed by atoms with Gasteiger partial charge in [-0.2, -0.15) is 0 Å². The first kappa shape index (κ1) is 15.8. The second-order valence-corrected chi connectivity index (χ2v) is 5.90. The van der Waals surface area contributed by atoms with Crippen LogP contribution < -0.4 is 4.74 Å². The Morgan fingerprint density at radius 1 is 1.38 bits per heavy atom. The number of likely N-dealkylation sites (tertiary alicyclic amines) is 1. The molecule has 1 unspecified atom stereocenters. The molecule has 1 saturated heterocycles. The third-order valence-corrected chi connectivity index (χ3v) is 4.07. The van der Waals surface area contributed by atoms with Crippen LogP contribution in [0.15, 0.2) is 24.3 Å². The second-order valence-electron chi connectivity index (χ2n) is 5.90. The summed E-state index contributed by atoms with van der Waals surface area (Å²) in [5.74, 6) is 0.754. The van der Waals surface area contributed by atoms with Gasteiger partial charge in [-0.25, -0.2) is 0 Å². The summed E-state index contributed by atoms with van der Waals surface area (Å²) in [4.78, 5) is 13.0. The molecule has 1 heterocycles. The van der Waals surface area contributed by atoms with E-state index in [2.05, 4.69) is 24.0 Å². The van der Waals surface area contributed by atoms with E-state index in [1.165, 1.54) is 5.56 Å². The topological polar surface area (TPSA) is 49.8 Å². The third-order valence-electron chi connectivity index (χ3n) is 4.07. The Morgan fingerprint density at radius 3 is 2.86 bits per heavy atom. The molecular weight excluding hydrogens is 266 g/mol. The van der Waals surface area contributed by atoms with Gasteiger partial charge < -0.3 is 9.84 Å². The number of aryl methyl sites for hydroxylation is 1. The molecule has 0 amide bonds. The van der Waals surface area contributed by atoms with Gasteiger partial charge in [0.25, 0.3) is 0 Å². The van der Waals surface area contributed by atoms with Crippen LogP contribution in [-0.4, -0.2) is 42.2 Å². The van der Waals surface area contributed by atoms with Gasteiger partial charge in [-0.15, -0.1) is 0 Å². The lowest BCUT2D eigenvalue weighted by molar-refractivity contribution is -0.137. The lowest BCUT2D eigenvalue weighted by Crippen LogP contribution is -2.38. The number of carbonyl (C=O) groups is 1. The van der Waals surface area contributed by atoms with Crippen LogP contribution in [0.3, 0.4) is 0 Å². The predicted octanol–water partition coefficient (Wildman–Crippen LogP) is 2.95. The molecule has 0 spiro atoms. The largest absolute Gasteiger partial charge is 0.492 e. The number of ether oxygens (including phenoxy) is 1. The Hall–Kier alpha value is -1.55. The zero-order valence-corrected chi connectivity index (χ0v) is 12.8. The minimum absolute atomic E-state index is 0.290. The number of nitrogens with zero attached hydrogens (tertiary/aromatic N) is 1. The molecule has 1 N–H and O–H groups in total. The van der Waals surface area contributed by atoms with Gasteiger partial charge >= 0.3 is 5.97 Å². The summed E-state index contributed by atoms with van der Waals surface area (Å²) in [6, 6.07) is 8.11. The van der Waals surface area contributed by atoms with Gasteiger partial charge in [-0.05, 0) is 50.8 Å². The van der Waals surface area contributed by atoms with Crippen molar-refractivity contribution < 1.29 is 14.6 Å². The van der Waals surface area contributed by atoms with Crippen LogP contribution in [0, 0.1) is 12.8 Å². The first-order valence-corrected chi connectivity index (χ1v) is 7.77. The van der Waals surface area contributed by atoms with E-state index in [1.54, 1.807) is 0 Å². The van der Waals surface area contributed by atoms with E-state index in [0.717, 1.165) is 44.6 Å². The molecule has 0 radical (unpaired) electrons. The predicted molar refractivity (Wildman–Crippen MR) is 82.7 cm³/mol. The number of carboxylic acid groups (broad SMARTS) is 1. The summed E-state index contributed by atoms with van der Waals surface area (Å²) in [5, 5.41) is 8.76. The molecule has 1 aromatic rings. The Kier molecular flexibility index (Phi) is 6.05. The maximum Gasteiger partial charge on any atom is 0.303 e. The highest BCUT2D eigenvalue weighted by Crippen LogP contribution is 2.21. The summed E-state index contributed by atoms with van der Waals surface area (Å²) in [7, 11) is 0. The van der Waals surface area contributed by atoms with E-state index >= 15 is 0 Å². The van der Waals surface area contributed by atoms with Gasteiger partial charge in [-0.3, -0.25) is 9.69 Å². The van der Waals surface area contributed by atoms with Gasteiger partial charge in [0.05, 0.1) is 0 Å². The monoisotopic (exact) mass is 291 g/mol. The van der Waals surface area contributed by atoms with Gasteiger partial charge in [0.1, 0.15) is 12.4 Å². The number of aliphatic carboxylic acids is 1. The van der Waals surface area contributed by atoms with Gasteiger partial charge in [0, 0.05) is 19.5 Å². The number of hydrogen-bond acceptors (Lipinski definition) is 3. The summed E-state index contributed by atoms with van der Waals surface area (Å²) in [6.07, 6.45) is 3.40. The Labute approximate surface area is 126 Å². The van der Waals surface area contributed by atoms with Crippen LogP contribution in [0.5, 0.6) is 5.75 Å². The zero-order valence-electron chi connectivity index (χ0n) is 12.8. The van der Waals surface area contributed by atoms with Crippen LogP contribution in [-0.2, 0) is 4.79 Å². The molecule has 1 fully saturated rings. The zero-order chi connectivity index (χ0) is 15.1. The van der Waals surface area contributed by atoms with Crippen molar-refractivity contribution in [1.82, 2.24) is 4.90 Å². The van der Waals surface area contributed by atoms with E-state index in [9.17, 15) is 4.79 Å². The van der Waals surface area contributed by atoms with Crippen LogP contribution in [0.4, 0.5) is 0 Å². The van der Waals surface area contributed by atoms with Crippen molar-refractivity contribution in [2.75, 3.05) is 26.2 Å². The lowest BCUT2D eigenvalue weighted by Gasteiger charge is -2.32. The molecule has 1 aliphatic rings. The average molecular weight is 291 g/mol. The van der Waals surface area contributed by atoms with E-state index in [0.29, 0.717) is 18.9 Å². The van der Waals surface area contributed by atoms with E-state index in [-0.39, 0.29) is 0 Å². The molecule has 21 heavy (non-hydrogen) atoms.